The molecular formula is C15H27Cl2N3O2. The molecule has 7 heteroatoms. The van der Waals surface area contributed by atoms with Crippen molar-refractivity contribution in [2.75, 3.05) is 31.5 Å². The Labute approximate surface area is 143 Å². The predicted molar refractivity (Wildman–Crippen MR) is 90.6 cm³/mol. The fraction of sp³-hybridized carbons (Fsp3) is 0.867. The maximum Gasteiger partial charge on any atom is 0.329 e. The molecular weight excluding hydrogens is 325 g/mol. The van der Waals surface area contributed by atoms with Crippen LogP contribution >= 0.6 is 23.2 Å². The van der Waals surface area contributed by atoms with Gasteiger partial charge in [0.05, 0.1) is 6.67 Å². The molecule has 5 nitrogen and oxygen atoms in total. The average molecular weight is 352 g/mol. The molecule has 1 fully saturated rings. The molecule has 1 saturated heterocycles. The van der Waals surface area contributed by atoms with Crippen LogP contribution in [-0.4, -0.2) is 53.4 Å². The van der Waals surface area contributed by atoms with Gasteiger partial charge in [-0.05, 0) is 25.7 Å². The average Bonchev–Trinajstić information content (AvgIpc) is 2.51. The summed E-state index contributed by atoms with van der Waals surface area (Å²) in [5.74, 6) is 1.36. The molecule has 1 heterocycles. The Morgan fingerprint density at radius 3 is 1.95 bits per heavy atom. The van der Waals surface area contributed by atoms with E-state index >= 15 is 0 Å². The molecule has 0 atom stereocenters. The predicted octanol–water partition coefficient (Wildman–Crippen LogP) is 3.99. The number of nitrogens with one attached hydrogen (secondary N) is 1. The van der Waals surface area contributed by atoms with Gasteiger partial charge in [-0.1, -0.05) is 25.7 Å². The van der Waals surface area contributed by atoms with Gasteiger partial charge < -0.3 is 10.2 Å². The van der Waals surface area contributed by atoms with E-state index in [4.69, 9.17) is 23.2 Å². The lowest BCUT2D eigenvalue weighted by atomic mass is 10.2. The van der Waals surface area contributed by atoms with E-state index in [1.807, 2.05) is 0 Å². The van der Waals surface area contributed by atoms with Crippen molar-refractivity contribution in [3.05, 3.63) is 0 Å². The summed E-state index contributed by atoms with van der Waals surface area (Å²) < 4.78 is 0. The van der Waals surface area contributed by atoms with E-state index < -0.39 is 0 Å². The normalized spacial score (nSPS) is 15.4. The van der Waals surface area contributed by atoms with Gasteiger partial charge in [0, 0.05) is 24.8 Å². The number of imide groups is 1. The molecule has 1 rings (SSSR count). The zero-order valence-electron chi connectivity index (χ0n) is 13.2. The van der Waals surface area contributed by atoms with Crippen LogP contribution in [0.4, 0.5) is 9.59 Å². The Balaban J connectivity index is 2.28. The van der Waals surface area contributed by atoms with Gasteiger partial charge in [-0.3, -0.25) is 0 Å². The van der Waals surface area contributed by atoms with Crippen molar-refractivity contribution in [1.82, 2.24) is 15.1 Å². The molecule has 0 radical (unpaired) electrons. The van der Waals surface area contributed by atoms with Crippen LogP contribution < -0.4 is 5.32 Å². The Kier molecular flexibility index (Phi) is 10.4. The summed E-state index contributed by atoms with van der Waals surface area (Å²) in [6.45, 7) is 1.48. The number of nitrogens with zero attached hydrogens (tertiary/aromatic N) is 2. The zero-order valence-corrected chi connectivity index (χ0v) is 14.7. The fourth-order valence-corrected chi connectivity index (χ4v) is 2.80. The van der Waals surface area contributed by atoms with E-state index in [-0.39, 0.29) is 12.1 Å². The van der Waals surface area contributed by atoms with Gasteiger partial charge in [0.1, 0.15) is 0 Å². The maximum atomic E-state index is 12.3. The van der Waals surface area contributed by atoms with Gasteiger partial charge >= 0.3 is 12.1 Å². The molecule has 128 valence electrons. The lowest BCUT2D eigenvalue weighted by Crippen LogP contribution is -2.59. The van der Waals surface area contributed by atoms with Crippen LogP contribution in [0, 0.1) is 0 Å². The minimum Gasteiger partial charge on any atom is -0.320 e. The largest absolute Gasteiger partial charge is 0.329 e. The minimum atomic E-state index is -0.277. The van der Waals surface area contributed by atoms with Crippen molar-refractivity contribution in [2.45, 2.75) is 51.4 Å². The van der Waals surface area contributed by atoms with Gasteiger partial charge in [0.2, 0.25) is 0 Å². The lowest BCUT2D eigenvalue weighted by molar-refractivity contribution is 0.130. The highest BCUT2D eigenvalue weighted by Gasteiger charge is 2.30. The molecule has 0 aliphatic carbocycles. The minimum absolute atomic E-state index is 0.168. The number of unbranched alkanes of at least 4 members (excludes halogenated alkanes) is 6. The first-order chi connectivity index (χ1) is 10.7. The Bertz CT molecular complexity index is 343. The molecule has 22 heavy (non-hydrogen) atoms. The summed E-state index contributed by atoms with van der Waals surface area (Å²) in [7, 11) is 0. The second kappa shape index (κ2) is 11.8. The number of hydrogen-bond acceptors (Lipinski definition) is 2. The third-order valence-electron chi connectivity index (χ3n) is 3.74. The Morgan fingerprint density at radius 2 is 1.36 bits per heavy atom. The summed E-state index contributed by atoms with van der Waals surface area (Å²) in [4.78, 5) is 27.2. The van der Waals surface area contributed by atoms with Crippen LogP contribution in [0.25, 0.3) is 0 Å². The molecule has 0 unspecified atom stereocenters. The van der Waals surface area contributed by atoms with E-state index in [1.165, 1.54) is 4.90 Å². The van der Waals surface area contributed by atoms with Crippen LogP contribution in [0.5, 0.6) is 0 Å². The van der Waals surface area contributed by atoms with Crippen molar-refractivity contribution >= 4 is 35.3 Å². The van der Waals surface area contributed by atoms with Crippen LogP contribution in [-0.2, 0) is 0 Å². The standard InChI is InChI=1S/C15H27Cl2N3O2/c16-9-5-1-3-7-11-19-13-18-14(21)20(15(19)22)12-8-4-2-6-10-17/h1-13H2,(H,18,21). The Hall–Kier alpha value is -0.680. The molecule has 0 aromatic rings. The Morgan fingerprint density at radius 1 is 0.818 bits per heavy atom. The first-order valence-electron chi connectivity index (χ1n) is 8.17. The number of alkyl halides is 2. The van der Waals surface area contributed by atoms with Gasteiger partial charge in [0.25, 0.3) is 0 Å². The van der Waals surface area contributed by atoms with Crippen LogP contribution in [0.1, 0.15) is 51.4 Å². The number of rotatable bonds is 12. The summed E-state index contributed by atoms with van der Waals surface area (Å²) in [5.41, 5.74) is 0. The first-order valence-corrected chi connectivity index (χ1v) is 9.23. The highest BCUT2D eigenvalue weighted by Crippen LogP contribution is 2.11. The highest BCUT2D eigenvalue weighted by molar-refractivity contribution is 6.18. The van der Waals surface area contributed by atoms with Crippen molar-refractivity contribution in [2.24, 2.45) is 0 Å². The first kappa shape index (κ1) is 19.4. The van der Waals surface area contributed by atoms with E-state index in [0.717, 1.165) is 51.4 Å². The molecule has 0 bridgehead atoms. The topological polar surface area (TPSA) is 52.7 Å². The van der Waals surface area contributed by atoms with Gasteiger partial charge in [-0.15, -0.1) is 23.2 Å². The zero-order chi connectivity index (χ0) is 16.2. The third kappa shape index (κ3) is 7.05. The second-order valence-corrected chi connectivity index (χ2v) is 6.30. The van der Waals surface area contributed by atoms with Crippen LogP contribution in [0.3, 0.4) is 0 Å². The van der Waals surface area contributed by atoms with Crippen LogP contribution in [0.15, 0.2) is 0 Å². The number of amides is 4. The summed E-state index contributed by atoms with van der Waals surface area (Å²) in [6.07, 6.45) is 7.95. The maximum absolute atomic E-state index is 12.3. The number of halogens is 2. The molecule has 1 N–H and O–H groups in total. The summed E-state index contributed by atoms with van der Waals surface area (Å²) >= 11 is 11.3. The van der Waals surface area contributed by atoms with E-state index in [0.29, 0.717) is 31.5 Å². The lowest BCUT2D eigenvalue weighted by Gasteiger charge is -2.34. The third-order valence-corrected chi connectivity index (χ3v) is 4.28. The summed E-state index contributed by atoms with van der Waals surface area (Å²) in [5, 5.41) is 2.77. The SMILES string of the molecule is O=C1NCN(CCCCCCCl)C(=O)N1CCCCCCCl. The molecule has 1 aliphatic heterocycles. The monoisotopic (exact) mass is 351 g/mol. The smallest absolute Gasteiger partial charge is 0.320 e. The van der Waals surface area contributed by atoms with Gasteiger partial charge in [0.15, 0.2) is 0 Å². The van der Waals surface area contributed by atoms with E-state index in [1.54, 1.807) is 4.90 Å². The molecule has 0 spiro atoms. The fourth-order valence-electron chi connectivity index (χ4n) is 2.42. The molecule has 1 aliphatic rings. The highest BCUT2D eigenvalue weighted by atomic mass is 35.5. The number of urea groups is 2. The number of carbonyl (C=O) groups excluding carboxylic acids is 2. The van der Waals surface area contributed by atoms with E-state index in [9.17, 15) is 9.59 Å². The van der Waals surface area contributed by atoms with Crippen molar-refractivity contribution in [3.8, 4) is 0 Å². The molecule has 0 aromatic carbocycles. The number of carbonyl (C=O) groups is 2. The van der Waals surface area contributed by atoms with Crippen molar-refractivity contribution in [1.29, 1.82) is 0 Å². The summed E-state index contributed by atoms with van der Waals surface area (Å²) in [6, 6.07) is -0.445. The molecule has 0 aromatic heterocycles. The quantitative estimate of drug-likeness (QED) is 0.427. The van der Waals surface area contributed by atoms with Crippen LogP contribution in [0.2, 0.25) is 0 Å². The van der Waals surface area contributed by atoms with Crippen molar-refractivity contribution in [3.63, 3.8) is 0 Å². The second-order valence-electron chi connectivity index (χ2n) is 5.54. The van der Waals surface area contributed by atoms with Crippen molar-refractivity contribution < 1.29 is 9.59 Å². The molecule has 0 saturated carbocycles. The van der Waals surface area contributed by atoms with E-state index in [2.05, 4.69) is 5.32 Å². The van der Waals surface area contributed by atoms with Gasteiger partial charge in [-0.2, -0.15) is 0 Å². The molecule has 4 amide bonds. The number of hydrogen-bond donors (Lipinski definition) is 1. The van der Waals surface area contributed by atoms with Gasteiger partial charge in [-0.25, -0.2) is 14.5 Å².